The largest absolute Gasteiger partial charge is 0.486 e. The highest BCUT2D eigenvalue weighted by atomic mass is 32.2. The van der Waals surface area contributed by atoms with Crippen molar-refractivity contribution < 1.29 is 14.3 Å². The minimum atomic E-state index is -0.0120. The molecule has 0 unspecified atom stereocenters. The van der Waals surface area contributed by atoms with Gasteiger partial charge in [0.2, 0.25) is 5.91 Å². The predicted octanol–water partition coefficient (Wildman–Crippen LogP) is 5.12. The third kappa shape index (κ3) is 4.80. The van der Waals surface area contributed by atoms with E-state index in [1.54, 1.807) is 16.2 Å². The summed E-state index contributed by atoms with van der Waals surface area (Å²) in [5, 5.41) is 11.5. The molecule has 0 fully saturated rings. The van der Waals surface area contributed by atoms with Gasteiger partial charge in [0.1, 0.15) is 13.2 Å². The third-order valence-corrected chi connectivity index (χ3v) is 7.24. The Hall–Kier alpha value is -3.30. The number of ether oxygens (including phenoxy) is 2. The quantitative estimate of drug-likeness (QED) is 0.318. The molecule has 0 aliphatic carbocycles. The predicted molar refractivity (Wildman–Crippen MR) is 135 cm³/mol. The van der Waals surface area contributed by atoms with Gasteiger partial charge in [0, 0.05) is 28.7 Å². The van der Waals surface area contributed by atoms with Gasteiger partial charge < -0.3 is 18.9 Å². The molecule has 5 rings (SSSR count). The van der Waals surface area contributed by atoms with E-state index in [4.69, 9.17) is 9.47 Å². The fourth-order valence-electron chi connectivity index (χ4n) is 3.77. The molecule has 0 spiro atoms. The molecule has 7 nitrogen and oxygen atoms in total. The number of benzene rings is 2. The zero-order chi connectivity index (χ0) is 23.3. The molecule has 9 heteroatoms. The number of amides is 1. The minimum Gasteiger partial charge on any atom is -0.486 e. The van der Waals surface area contributed by atoms with E-state index in [1.807, 2.05) is 70.6 Å². The number of hydrogen-bond donors (Lipinski definition) is 0. The maximum Gasteiger partial charge on any atom is 0.237 e. The number of thiophene rings is 1. The zero-order valence-corrected chi connectivity index (χ0v) is 20.3. The number of rotatable bonds is 8. The van der Waals surface area contributed by atoms with E-state index in [0.717, 1.165) is 33.7 Å². The van der Waals surface area contributed by atoms with Crippen LogP contribution in [0, 0.1) is 0 Å². The van der Waals surface area contributed by atoms with Crippen LogP contribution in [0.1, 0.15) is 11.8 Å². The molecule has 0 atom stereocenters. The first-order valence-electron chi connectivity index (χ1n) is 11.1. The standard InChI is InChI=1S/C25H24N4O3S2/c1-2-28-24(18-7-4-3-5-8-18)26-27-25(28)34-17-23(30)29(16-20-9-6-14-33-20)19-10-11-21-22(15-19)32-13-12-31-21/h3-11,14-15H,2,12-13,16-17H2,1H3. The number of aromatic nitrogens is 3. The van der Waals surface area contributed by atoms with Gasteiger partial charge in [-0.25, -0.2) is 0 Å². The van der Waals surface area contributed by atoms with Gasteiger partial charge in [-0.3, -0.25) is 4.79 Å². The summed E-state index contributed by atoms with van der Waals surface area (Å²) >= 11 is 3.04. The SMILES string of the molecule is CCn1c(SCC(=O)N(Cc2cccs2)c2ccc3c(c2)OCCO3)nnc1-c1ccccc1. The van der Waals surface area contributed by atoms with Crippen molar-refractivity contribution in [3.63, 3.8) is 0 Å². The van der Waals surface area contributed by atoms with Crippen LogP contribution in [0.5, 0.6) is 11.5 Å². The van der Waals surface area contributed by atoms with Crippen LogP contribution in [0.25, 0.3) is 11.4 Å². The lowest BCUT2D eigenvalue weighted by molar-refractivity contribution is -0.116. The molecule has 1 aliphatic rings. The van der Waals surface area contributed by atoms with Crippen LogP contribution < -0.4 is 14.4 Å². The summed E-state index contributed by atoms with van der Waals surface area (Å²) in [6.45, 7) is 4.30. The van der Waals surface area contributed by atoms with Crippen LogP contribution >= 0.6 is 23.1 Å². The van der Waals surface area contributed by atoms with Crippen molar-refractivity contribution in [2.45, 2.75) is 25.2 Å². The Kier molecular flexibility index (Phi) is 6.82. The van der Waals surface area contributed by atoms with Gasteiger partial charge in [-0.15, -0.1) is 21.5 Å². The average molecular weight is 493 g/mol. The Morgan fingerprint density at radius 3 is 2.65 bits per heavy atom. The van der Waals surface area contributed by atoms with E-state index in [0.29, 0.717) is 31.3 Å². The number of carbonyl (C=O) groups excluding carboxylic acids is 1. The maximum absolute atomic E-state index is 13.5. The summed E-state index contributed by atoms with van der Waals surface area (Å²) in [6, 6.07) is 19.7. The monoisotopic (exact) mass is 492 g/mol. The fourth-order valence-corrected chi connectivity index (χ4v) is 5.34. The van der Waals surface area contributed by atoms with Crippen LogP contribution in [-0.2, 0) is 17.9 Å². The fraction of sp³-hybridized carbons (Fsp3) is 0.240. The van der Waals surface area contributed by atoms with Gasteiger partial charge >= 0.3 is 0 Å². The van der Waals surface area contributed by atoms with E-state index in [-0.39, 0.29) is 11.7 Å². The molecule has 2 aromatic carbocycles. The number of fused-ring (bicyclic) bond motifs is 1. The van der Waals surface area contributed by atoms with Gasteiger partial charge in [0.15, 0.2) is 22.5 Å². The second-order valence-corrected chi connectivity index (χ2v) is 9.57. The second kappa shape index (κ2) is 10.3. The first-order valence-corrected chi connectivity index (χ1v) is 12.9. The van der Waals surface area contributed by atoms with E-state index in [9.17, 15) is 4.79 Å². The smallest absolute Gasteiger partial charge is 0.237 e. The summed E-state index contributed by atoms with van der Waals surface area (Å²) in [4.78, 5) is 16.4. The Morgan fingerprint density at radius 1 is 1.06 bits per heavy atom. The van der Waals surface area contributed by atoms with Crippen molar-refractivity contribution in [3.05, 3.63) is 70.9 Å². The summed E-state index contributed by atoms with van der Waals surface area (Å²) in [5.74, 6) is 2.41. The van der Waals surface area contributed by atoms with Crippen molar-refractivity contribution in [1.29, 1.82) is 0 Å². The number of thioether (sulfide) groups is 1. The molecule has 0 bridgehead atoms. The highest BCUT2D eigenvalue weighted by Crippen LogP contribution is 2.35. The summed E-state index contributed by atoms with van der Waals surface area (Å²) in [7, 11) is 0. The Balaban J connectivity index is 1.37. The van der Waals surface area contributed by atoms with E-state index in [2.05, 4.69) is 17.1 Å². The molecular formula is C25H24N4O3S2. The van der Waals surface area contributed by atoms with Crippen molar-refractivity contribution in [2.24, 2.45) is 0 Å². The molecule has 1 amide bonds. The van der Waals surface area contributed by atoms with Crippen LogP contribution in [-0.4, -0.2) is 39.6 Å². The molecule has 3 heterocycles. The molecule has 0 saturated carbocycles. The molecular weight excluding hydrogens is 468 g/mol. The average Bonchev–Trinajstić information content (AvgIpc) is 3.55. The Bertz CT molecular complexity index is 1260. The molecule has 1 aliphatic heterocycles. The van der Waals surface area contributed by atoms with Crippen molar-refractivity contribution >= 4 is 34.7 Å². The molecule has 2 aromatic heterocycles. The van der Waals surface area contributed by atoms with Crippen LogP contribution in [0.4, 0.5) is 5.69 Å². The van der Waals surface area contributed by atoms with Crippen LogP contribution in [0.2, 0.25) is 0 Å². The zero-order valence-electron chi connectivity index (χ0n) is 18.7. The van der Waals surface area contributed by atoms with E-state index in [1.165, 1.54) is 11.8 Å². The summed E-state index contributed by atoms with van der Waals surface area (Å²) < 4.78 is 13.4. The molecule has 4 aromatic rings. The van der Waals surface area contributed by atoms with E-state index >= 15 is 0 Å². The molecule has 0 saturated heterocycles. The molecule has 0 radical (unpaired) electrons. The van der Waals surface area contributed by atoms with Crippen molar-refractivity contribution in [3.8, 4) is 22.9 Å². The number of hydrogen-bond acceptors (Lipinski definition) is 7. The number of nitrogens with zero attached hydrogens (tertiary/aromatic N) is 4. The van der Waals surface area contributed by atoms with Gasteiger partial charge in [-0.05, 0) is 30.5 Å². The lowest BCUT2D eigenvalue weighted by atomic mass is 10.2. The Labute approximate surface area is 206 Å². The lowest BCUT2D eigenvalue weighted by Gasteiger charge is -2.25. The van der Waals surface area contributed by atoms with Gasteiger partial charge in [0.25, 0.3) is 0 Å². The highest BCUT2D eigenvalue weighted by Gasteiger charge is 2.22. The van der Waals surface area contributed by atoms with E-state index < -0.39 is 0 Å². The Morgan fingerprint density at radius 2 is 1.88 bits per heavy atom. The molecule has 174 valence electrons. The van der Waals surface area contributed by atoms with Crippen molar-refractivity contribution in [2.75, 3.05) is 23.9 Å². The normalized spacial score (nSPS) is 12.5. The molecule has 34 heavy (non-hydrogen) atoms. The maximum atomic E-state index is 13.5. The van der Waals surface area contributed by atoms with Gasteiger partial charge in [-0.2, -0.15) is 0 Å². The third-order valence-electron chi connectivity index (χ3n) is 5.42. The first kappa shape index (κ1) is 22.5. The highest BCUT2D eigenvalue weighted by molar-refractivity contribution is 7.99. The topological polar surface area (TPSA) is 69.5 Å². The van der Waals surface area contributed by atoms with Crippen LogP contribution in [0.3, 0.4) is 0 Å². The van der Waals surface area contributed by atoms with Gasteiger partial charge in [0.05, 0.1) is 12.3 Å². The van der Waals surface area contributed by atoms with Crippen LogP contribution in [0.15, 0.2) is 71.2 Å². The number of anilines is 1. The number of carbonyl (C=O) groups is 1. The molecule has 0 N–H and O–H groups in total. The summed E-state index contributed by atoms with van der Waals surface area (Å²) in [5.41, 5.74) is 1.79. The summed E-state index contributed by atoms with van der Waals surface area (Å²) in [6.07, 6.45) is 0. The van der Waals surface area contributed by atoms with Gasteiger partial charge in [-0.1, -0.05) is 48.2 Å². The lowest BCUT2D eigenvalue weighted by Crippen LogP contribution is -2.32. The van der Waals surface area contributed by atoms with Crippen molar-refractivity contribution in [1.82, 2.24) is 14.8 Å². The second-order valence-electron chi connectivity index (χ2n) is 7.59. The minimum absolute atomic E-state index is 0.0120. The first-order chi connectivity index (χ1) is 16.7.